The van der Waals surface area contributed by atoms with Crippen LogP contribution in [0, 0.1) is 0 Å². The maximum Gasteiger partial charge on any atom is 0.226 e. The number of rotatable bonds is 3. The van der Waals surface area contributed by atoms with E-state index in [-0.39, 0.29) is 5.28 Å². The minimum Gasteiger partial charge on any atom is -0.362 e. The van der Waals surface area contributed by atoms with E-state index in [0.29, 0.717) is 18.0 Å². The Kier molecular flexibility index (Phi) is 2.37. The van der Waals surface area contributed by atoms with Gasteiger partial charge in [-0.25, -0.2) is 4.98 Å². The van der Waals surface area contributed by atoms with E-state index >= 15 is 0 Å². The van der Waals surface area contributed by atoms with Gasteiger partial charge in [0.25, 0.3) is 0 Å². The molecule has 0 aliphatic carbocycles. The number of aromatic nitrogens is 6. The van der Waals surface area contributed by atoms with Gasteiger partial charge < -0.3 is 10.3 Å². The summed E-state index contributed by atoms with van der Waals surface area (Å²) in [5.41, 5.74) is 2.22. The average molecular weight is 250 g/mol. The van der Waals surface area contributed by atoms with E-state index in [2.05, 4.69) is 35.5 Å². The fourth-order valence-corrected chi connectivity index (χ4v) is 1.66. The fraction of sp³-hybridized carbons (Fsp3) is 0.111. The highest BCUT2D eigenvalue weighted by molar-refractivity contribution is 6.28. The summed E-state index contributed by atoms with van der Waals surface area (Å²) in [5, 5.41) is 10.0. The molecule has 7 nitrogen and oxygen atoms in total. The molecule has 0 bridgehead atoms. The van der Waals surface area contributed by atoms with Crippen molar-refractivity contribution in [1.82, 2.24) is 30.1 Å². The Balaban J connectivity index is 1.91. The molecule has 3 aromatic heterocycles. The van der Waals surface area contributed by atoms with Gasteiger partial charge in [0.1, 0.15) is 5.52 Å². The van der Waals surface area contributed by atoms with Gasteiger partial charge in [0.05, 0.1) is 18.6 Å². The van der Waals surface area contributed by atoms with Crippen LogP contribution in [-0.4, -0.2) is 30.1 Å². The average Bonchev–Trinajstić information content (AvgIpc) is 2.95. The standard InChI is InChI=1S/C9H8ClN7/c10-9-15-7(6-8(16-9)13-4-12-6)11-3-5-1-2-14-17-5/h1-2,4H,3H2,(H,14,17)(H2,11,12,13,15,16). The lowest BCUT2D eigenvalue weighted by Gasteiger charge is -2.04. The maximum absolute atomic E-state index is 5.81. The molecule has 17 heavy (non-hydrogen) atoms. The van der Waals surface area contributed by atoms with Crippen LogP contribution in [0.5, 0.6) is 0 Å². The second kappa shape index (κ2) is 4.02. The molecule has 0 radical (unpaired) electrons. The van der Waals surface area contributed by atoms with E-state index in [0.717, 1.165) is 11.2 Å². The van der Waals surface area contributed by atoms with E-state index in [1.807, 2.05) is 6.07 Å². The molecule has 0 atom stereocenters. The van der Waals surface area contributed by atoms with Gasteiger partial charge in [-0.2, -0.15) is 15.1 Å². The van der Waals surface area contributed by atoms with Crippen LogP contribution >= 0.6 is 11.6 Å². The highest BCUT2D eigenvalue weighted by atomic mass is 35.5. The van der Waals surface area contributed by atoms with Gasteiger partial charge in [0.15, 0.2) is 11.5 Å². The summed E-state index contributed by atoms with van der Waals surface area (Å²) in [5.74, 6) is 0.618. The summed E-state index contributed by atoms with van der Waals surface area (Å²) >= 11 is 5.81. The van der Waals surface area contributed by atoms with Crippen molar-refractivity contribution >= 4 is 28.6 Å². The molecular weight excluding hydrogens is 242 g/mol. The largest absolute Gasteiger partial charge is 0.362 e. The predicted molar refractivity (Wildman–Crippen MR) is 62.6 cm³/mol. The quantitative estimate of drug-likeness (QED) is 0.609. The van der Waals surface area contributed by atoms with Crippen LogP contribution in [0.1, 0.15) is 5.69 Å². The molecule has 3 heterocycles. The molecule has 0 aliphatic rings. The maximum atomic E-state index is 5.81. The van der Waals surface area contributed by atoms with Gasteiger partial charge >= 0.3 is 0 Å². The first-order valence-corrected chi connectivity index (χ1v) is 5.29. The molecule has 0 aliphatic heterocycles. The Morgan fingerprint density at radius 1 is 1.35 bits per heavy atom. The minimum atomic E-state index is 0.164. The zero-order valence-electron chi connectivity index (χ0n) is 8.61. The molecule has 0 saturated heterocycles. The first-order valence-electron chi connectivity index (χ1n) is 4.91. The van der Waals surface area contributed by atoms with Crippen molar-refractivity contribution in [3.05, 3.63) is 29.6 Å². The zero-order chi connectivity index (χ0) is 11.7. The van der Waals surface area contributed by atoms with Crippen LogP contribution in [0.15, 0.2) is 18.6 Å². The SMILES string of the molecule is Clc1nc(NCc2ccn[nH]2)c2[nH]cnc2n1. The fourth-order valence-electron chi connectivity index (χ4n) is 1.50. The van der Waals surface area contributed by atoms with Crippen molar-refractivity contribution in [2.75, 3.05) is 5.32 Å². The normalized spacial score (nSPS) is 10.9. The number of halogens is 1. The van der Waals surface area contributed by atoms with Crippen molar-refractivity contribution in [3.63, 3.8) is 0 Å². The molecule has 0 fully saturated rings. The molecular formula is C9H8ClN7. The highest BCUT2D eigenvalue weighted by Gasteiger charge is 2.08. The number of aromatic amines is 2. The number of nitrogens with zero attached hydrogens (tertiary/aromatic N) is 4. The number of imidazole rings is 1. The smallest absolute Gasteiger partial charge is 0.226 e. The molecule has 0 aromatic carbocycles. The predicted octanol–water partition coefficient (Wildman–Crippen LogP) is 1.34. The van der Waals surface area contributed by atoms with Crippen LogP contribution < -0.4 is 5.32 Å². The number of fused-ring (bicyclic) bond motifs is 1. The van der Waals surface area contributed by atoms with Crippen molar-refractivity contribution in [3.8, 4) is 0 Å². The molecule has 3 aromatic rings. The summed E-state index contributed by atoms with van der Waals surface area (Å²) in [6.45, 7) is 0.571. The molecule has 8 heteroatoms. The van der Waals surface area contributed by atoms with E-state index < -0.39 is 0 Å². The van der Waals surface area contributed by atoms with Crippen molar-refractivity contribution in [2.24, 2.45) is 0 Å². The van der Waals surface area contributed by atoms with Crippen LogP contribution in [0.25, 0.3) is 11.2 Å². The summed E-state index contributed by atoms with van der Waals surface area (Å²) in [7, 11) is 0. The molecule has 3 rings (SSSR count). The molecule has 0 spiro atoms. The summed E-state index contributed by atoms with van der Waals surface area (Å²) in [6, 6.07) is 1.87. The Morgan fingerprint density at radius 3 is 3.12 bits per heavy atom. The number of hydrogen-bond donors (Lipinski definition) is 3. The van der Waals surface area contributed by atoms with Crippen LogP contribution in [-0.2, 0) is 6.54 Å². The van der Waals surface area contributed by atoms with Crippen molar-refractivity contribution in [1.29, 1.82) is 0 Å². The zero-order valence-corrected chi connectivity index (χ0v) is 9.36. The monoisotopic (exact) mass is 249 g/mol. The van der Waals surface area contributed by atoms with E-state index in [1.165, 1.54) is 0 Å². The van der Waals surface area contributed by atoms with Gasteiger partial charge in [0, 0.05) is 6.20 Å². The minimum absolute atomic E-state index is 0.164. The number of nitrogens with one attached hydrogen (secondary N) is 3. The first-order chi connectivity index (χ1) is 8.33. The third-order valence-corrected chi connectivity index (χ3v) is 2.43. The van der Waals surface area contributed by atoms with E-state index in [9.17, 15) is 0 Å². The van der Waals surface area contributed by atoms with Crippen molar-refractivity contribution in [2.45, 2.75) is 6.54 Å². The van der Waals surface area contributed by atoms with Gasteiger partial charge in [-0.1, -0.05) is 0 Å². The summed E-state index contributed by atoms with van der Waals surface area (Å²) in [6.07, 6.45) is 3.24. The molecule has 0 unspecified atom stereocenters. The summed E-state index contributed by atoms with van der Waals surface area (Å²) < 4.78 is 0. The van der Waals surface area contributed by atoms with Crippen LogP contribution in [0.2, 0.25) is 5.28 Å². The first kappa shape index (κ1) is 10.0. The highest BCUT2D eigenvalue weighted by Crippen LogP contribution is 2.18. The van der Waals surface area contributed by atoms with Crippen LogP contribution in [0.3, 0.4) is 0 Å². The number of anilines is 1. The third-order valence-electron chi connectivity index (χ3n) is 2.26. The van der Waals surface area contributed by atoms with Gasteiger partial charge in [-0.15, -0.1) is 0 Å². The Bertz CT molecular complexity index is 630. The Morgan fingerprint density at radius 2 is 2.29 bits per heavy atom. The molecule has 86 valence electrons. The van der Waals surface area contributed by atoms with Gasteiger partial charge in [-0.3, -0.25) is 5.10 Å². The Hall–Kier alpha value is -2.15. The van der Waals surface area contributed by atoms with Crippen molar-refractivity contribution < 1.29 is 0 Å². The van der Waals surface area contributed by atoms with E-state index in [1.54, 1.807) is 12.5 Å². The molecule has 0 amide bonds. The Labute approximate surface area is 101 Å². The summed E-state index contributed by atoms with van der Waals surface area (Å²) in [4.78, 5) is 15.1. The van der Waals surface area contributed by atoms with Crippen LogP contribution in [0.4, 0.5) is 5.82 Å². The third kappa shape index (κ3) is 1.92. The lowest BCUT2D eigenvalue weighted by Crippen LogP contribution is -2.03. The van der Waals surface area contributed by atoms with E-state index in [4.69, 9.17) is 11.6 Å². The second-order valence-electron chi connectivity index (χ2n) is 3.38. The number of hydrogen-bond acceptors (Lipinski definition) is 5. The number of H-pyrrole nitrogens is 2. The molecule has 3 N–H and O–H groups in total. The molecule has 0 saturated carbocycles. The van der Waals surface area contributed by atoms with Gasteiger partial charge in [-0.05, 0) is 17.7 Å². The lowest BCUT2D eigenvalue weighted by molar-refractivity contribution is 0.974. The topological polar surface area (TPSA) is 95.2 Å². The lowest BCUT2D eigenvalue weighted by atomic mass is 10.4. The second-order valence-corrected chi connectivity index (χ2v) is 3.72. The van der Waals surface area contributed by atoms with Gasteiger partial charge in [0.2, 0.25) is 5.28 Å².